The van der Waals surface area contributed by atoms with Gasteiger partial charge in [-0.15, -0.1) is 5.10 Å². The molecule has 2 saturated heterocycles. The minimum absolute atomic E-state index is 0.0567. The van der Waals surface area contributed by atoms with Crippen molar-refractivity contribution in [3.05, 3.63) is 47.9 Å². The highest BCUT2D eigenvalue weighted by atomic mass is 16.2. The van der Waals surface area contributed by atoms with Crippen molar-refractivity contribution >= 4 is 11.7 Å². The SMILES string of the molecule is Cc1ccc(N2CCC3(CC2)CC(c2ccncc2)C(=O)N3)nn1. The van der Waals surface area contributed by atoms with Gasteiger partial charge in [-0.1, -0.05) is 0 Å². The minimum Gasteiger partial charge on any atom is -0.355 e. The van der Waals surface area contributed by atoms with E-state index in [1.165, 1.54) is 0 Å². The molecule has 124 valence electrons. The Kier molecular flexibility index (Phi) is 3.67. The van der Waals surface area contributed by atoms with Crippen LogP contribution in [0.15, 0.2) is 36.7 Å². The lowest BCUT2D eigenvalue weighted by Crippen LogP contribution is -2.51. The van der Waals surface area contributed by atoms with Crippen LogP contribution in [0.1, 0.15) is 36.4 Å². The number of piperidine rings is 1. The van der Waals surface area contributed by atoms with Crippen molar-refractivity contribution in [2.24, 2.45) is 0 Å². The fourth-order valence-corrected chi connectivity index (χ4v) is 3.80. The Morgan fingerprint density at radius 1 is 1.12 bits per heavy atom. The number of rotatable bonds is 2. The van der Waals surface area contributed by atoms with E-state index in [0.29, 0.717) is 0 Å². The van der Waals surface area contributed by atoms with E-state index in [9.17, 15) is 4.79 Å². The molecular weight excluding hydrogens is 302 g/mol. The number of hydrogen-bond donors (Lipinski definition) is 1. The highest BCUT2D eigenvalue weighted by Gasteiger charge is 2.46. The summed E-state index contributed by atoms with van der Waals surface area (Å²) in [5, 5.41) is 11.7. The summed E-state index contributed by atoms with van der Waals surface area (Å²) in [4.78, 5) is 18.8. The summed E-state index contributed by atoms with van der Waals surface area (Å²) in [6, 6.07) is 7.90. The first-order chi connectivity index (χ1) is 11.7. The number of aromatic nitrogens is 3. The molecular formula is C18H21N5O. The van der Waals surface area contributed by atoms with Gasteiger partial charge in [0.25, 0.3) is 0 Å². The van der Waals surface area contributed by atoms with Crippen LogP contribution in [0.5, 0.6) is 0 Å². The molecule has 6 heteroatoms. The largest absolute Gasteiger partial charge is 0.355 e. The van der Waals surface area contributed by atoms with Crippen molar-refractivity contribution in [1.29, 1.82) is 0 Å². The number of pyridine rings is 1. The molecule has 2 aliphatic rings. The van der Waals surface area contributed by atoms with Gasteiger partial charge in [-0.2, -0.15) is 5.10 Å². The smallest absolute Gasteiger partial charge is 0.228 e. The van der Waals surface area contributed by atoms with Gasteiger partial charge in [0.15, 0.2) is 5.82 Å². The van der Waals surface area contributed by atoms with E-state index in [0.717, 1.165) is 49.4 Å². The van der Waals surface area contributed by atoms with Crippen LogP contribution in [0.3, 0.4) is 0 Å². The third kappa shape index (κ3) is 2.72. The average Bonchev–Trinajstić information content (AvgIpc) is 2.93. The number of aryl methyl sites for hydroxylation is 1. The van der Waals surface area contributed by atoms with E-state index in [4.69, 9.17) is 0 Å². The van der Waals surface area contributed by atoms with Crippen LogP contribution < -0.4 is 10.2 Å². The van der Waals surface area contributed by atoms with E-state index in [1.807, 2.05) is 31.2 Å². The van der Waals surface area contributed by atoms with E-state index >= 15 is 0 Å². The number of carbonyl (C=O) groups is 1. The number of hydrogen-bond acceptors (Lipinski definition) is 5. The Labute approximate surface area is 141 Å². The first kappa shape index (κ1) is 15.1. The summed E-state index contributed by atoms with van der Waals surface area (Å²) in [6.45, 7) is 3.72. The maximum Gasteiger partial charge on any atom is 0.228 e. The van der Waals surface area contributed by atoms with Crippen LogP contribution in [0, 0.1) is 6.92 Å². The molecule has 2 aromatic rings. The second-order valence-corrected chi connectivity index (χ2v) is 6.83. The molecule has 2 aliphatic heterocycles. The Morgan fingerprint density at radius 3 is 2.54 bits per heavy atom. The van der Waals surface area contributed by atoms with Gasteiger partial charge < -0.3 is 10.2 Å². The van der Waals surface area contributed by atoms with Gasteiger partial charge in [0.1, 0.15) is 0 Å². The zero-order chi connectivity index (χ0) is 16.6. The number of nitrogens with zero attached hydrogens (tertiary/aromatic N) is 4. The van der Waals surface area contributed by atoms with Gasteiger partial charge in [0, 0.05) is 31.0 Å². The van der Waals surface area contributed by atoms with Crippen LogP contribution >= 0.6 is 0 Å². The maximum atomic E-state index is 12.5. The van der Waals surface area contributed by atoms with Gasteiger partial charge in [-0.25, -0.2) is 0 Å². The minimum atomic E-state index is -0.0837. The molecule has 6 nitrogen and oxygen atoms in total. The van der Waals surface area contributed by atoms with E-state index in [1.54, 1.807) is 12.4 Å². The van der Waals surface area contributed by atoms with Crippen molar-refractivity contribution in [2.45, 2.75) is 37.6 Å². The third-order valence-electron chi connectivity index (χ3n) is 5.24. The van der Waals surface area contributed by atoms with Gasteiger partial charge >= 0.3 is 0 Å². The van der Waals surface area contributed by atoms with E-state index in [2.05, 4.69) is 25.4 Å². The maximum absolute atomic E-state index is 12.5. The Hall–Kier alpha value is -2.50. The van der Waals surface area contributed by atoms with Crippen LogP contribution in [-0.2, 0) is 4.79 Å². The predicted octanol–water partition coefficient (Wildman–Crippen LogP) is 1.82. The van der Waals surface area contributed by atoms with Crippen molar-refractivity contribution in [3.63, 3.8) is 0 Å². The van der Waals surface area contributed by atoms with Crippen molar-refractivity contribution in [1.82, 2.24) is 20.5 Å². The number of amides is 1. The molecule has 2 aromatic heterocycles. The molecule has 0 aromatic carbocycles. The fraction of sp³-hybridized carbons (Fsp3) is 0.444. The van der Waals surface area contributed by atoms with Crippen LogP contribution in [-0.4, -0.2) is 39.7 Å². The van der Waals surface area contributed by atoms with Gasteiger partial charge in [-0.3, -0.25) is 9.78 Å². The van der Waals surface area contributed by atoms with Gasteiger partial charge in [0.2, 0.25) is 5.91 Å². The highest BCUT2D eigenvalue weighted by Crippen LogP contribution is 2.39. The molecule has 1 atom stereocenters. The Balaban J connectivity index is 1.45. The average molecular weight is 323 g/mol. The summed E-state index contributed by atoms with van der Waals surface area (Å²) in [7, 11) is 0. The molecule has 4 heterocycles. The van der Waals surface area contributed by atoms with Crippen molar-refractivity contribution in [2.75, 3.05) is 18.0 Å². The quantitative estimate of drug-likeness (QED) is 0.913. The molecule has 1 amide bonds. The van der Waals surface area contributed by atoms with Crippen LogP contribution in [0.2, 0.25) is 0 Å². The van der Waals surface area contributed by atoms with E-state index in [-0.39, 0.29) is 17.4 Å². The third-order valence-corrected chi connectivity index (χ3v) is 5.24. The molecule has 1 spiro atoms. The van der Waals surface area contributed by atoms with Crippen molar-refractivity contribution < 1.29 is 4.79 Å². The van der Waals surface area contributed by atoms with E-state index < -0.39 is 0 Å². The first-order valence-corrected chi connectivity index (χ1v) is 8.42. The monoisotopic (exact) mass is 323 g/mol. The Bertz CT molecular complexity index is 723. The van der Waals surface area contributed by atoms with Gasteiger partial charge in [0.05, 0.1) is 11.6 Å². The van der Waals surface area contributed by atoms with Crippen LogP contribution in [0.4, 0.5) is 5.82 Å². The normalized spacial score (nSPS) is 22.6. The number of nitrogens with one attached hydrogen (secondary N) is 1. The summed E-state index contributed by atoms with van der Waals surface area (Å²) in [5.74, 6) is 1.01. The summed E-state index contributed by atoms with van der Waals surface area (Å²) >= 11 is 0. The lowest BCUT2D eigenvalue weighted by molar-refractivity contribution is -0.121. The summed E-state index contributed by atoms with van der Waals surface area (Å²) in [6.07, 6.45) is 6.26. The molecule has 24 heavy (non-hydrogen) atoms. The van der Waals surface area contributed by atoms with Gasteiger partial charge in [-0.05, 0) is 56.0 Å². The number of carbonyl (C=O) groups excluding carboxylic acids is 1. The van der Waals surface area contributed by atoms with Crippen LogP contribution in [0.25, 0.3) is 0 Å². The molecule has 0 saturated carbocycles. The van der Waals surface area contributed by atoms with Crippen molar-refractivity contribution in [3.8, 4) is 0 Å². The zero-order valence-electron chi connectivity index (χ0n) is 13.8. The summed E-state index contributed by atoms with van der Waals surface area (Å²) in [5.41, 5.74) is 1.90. The molecule has 0 aliphatic carbocycles. The molecule has 0 bridgehead atoms. The lowest BCUT2D eigenvalue weighted by Gasteiger charge is -2.39. The standard InChI is InChI=1S/C18H21N5O/c1-13-2-3-16(22-21-13)23-10-6-18(7-11-23)12-15(17(24)20-18)14-4-8-19-9-5-14/h2-5,8-9,15H,6-7,10-12H2,1H3,(H,20,24). The molecule has 0 radical (unpaired) electrons. The number of anilines is 1. The Morgan fingerprint density at radius 2 is 1.88 bits per heavy atom. The topological polar surface area (TPSA) is 71.0 Å². The molecule has 1 N–H and O–H groups in total. The molecule has 2 fully saturated rings. The molecule has 4 rings (SSSR count). The lowest BCUT2D eigenvalue weighted by atomic mass is 9.82. The molecule has 1 unspecified atom stereocenters. The summed E-state index contributed by atoms with van der Waals surface area (Å²) < 4.78 is 0. The fourth-order valence-electron chi connectivity index (χ4n) is 3.80. The predicted molar refractivity (Wildman–Crippen MR) is 90.7 cm³/mol. The first-order valence-electron chi connectivity index (χ1n) is 8.42. The second-order valence-electron chi connectivity index (χ2n) is 6.83. The second kappa shape index (κ2) is 5.85. The zero-order valence-corrected chi connectivity index (χ0v) is 13.8. The highest BCUT2D eigenvalue weighted by molar-refractivity contribution is 5.87.